The van der Waals surface area contributed by atoms with Crippen molar-refractivity contribution in [2.75, 3.05) is 4.90 Å². The van der Waals surface area contributed by atoms with E-state index >= 15 is 0 Å². The summed E-state index contributed by atoms with van der Waals surface area (Å²) < 4.78 is 1.09. The summed E-state index contributed by atoms with van der Waals surface area (Å²) in [5.74, 6) is 0. The zero-order chi connectivity index (χ0) is 15.0. The molecule has 0 amide bonds. The van der Waals surface area contributed by atoms with Gasteiger partial charge in [0.25, 0.3) is 0 Å². The molecule has 0 radical (unpaired) electrons. The molecule has 0 saturated carbocycles. The Bertz CT molecular complexity index is 651. The lowest BCUT2D eigenvalue weighted by Gasteiger charge is -2.38. The first-order valence-corrected chi connectivity index (χ1v) is 8.29. The molecule has 2 aromatic rings. The monoisotopic (exact) mass is 344 g/mol. The number of para-hydroxylation sites is 1. The molecule has 1 aliphatic rings. The minimum atomic E-state index is 0.0226. The van der Waals surface area contributed by atoms with Crippen LogP contribution in [0.2, 0.25) is 0 Å². The van der Waals surface area contributed by atoms with Gasteiger partial charge >= 0.3 is 0 Å². The predicted molar refractivity (Wildman–Crippen MR) is 93.1 cm³/mol. The smallest absolute Gasteiger partial charge is 0.0472 e. The Hall–Kier alpha value is -1.32. The minimum absolute atomic E-state index is 0.0226. The SMILES string of the molecule is CC(N)c1ccc(Br)cc1N1c2ccccc2CCC1C. The Labute approximate surface area is 135 Å². The van der Waals surface area contributed by atoms with Gasteiger partial charge in [-0.1, -0.05) is 40.2 Å². The maximum absolute atomic E-state index is 6.19. The molecule has 3 rings (SSSR count). The molecule has 0 saturated heterocycles. The summed E-state index contributed by atoms with van der Waals surface area (Å²) in [7, 11) is 0. The fourth-order valence-electron chi connectivity index (χ4n) is 3.17. The molecule has 1 aliphatic heterocycles. The molecule has 3 heteroatoms. The van der Waals surface area contributed by atoms with Crippen LogP contribution in [-0.4, -0.2) is 6.04 Å². The number of halogens is 1. The number of hydrogen-bond acceptors (Lipinski definition) is 2. The van der Waals surface area contributed by atoms with Crippen LogP contribution in [0, 0.1) is 0 Å². The molecular weight excluding hydrogens is 324 g/mol. The standard InChI is InChI=1S/C18H21BrN2/c1-12-7-8-14-5-3-4-6-17(14)21(12)18-11-15(19)9-10-16(18)13(2)20/h3-6,9-13H,7-8,20H2,1-2H3. The van der Waals surface area contributed by atoms with E-state index in [9.17, 15) is 0 Å². The third kappa shape index (κ3) is 2.72. The van der Waals surface area contributed by atoms with Crippen molar-refractivity contribution in [1.29, 1.82) is 0 Å². The highest BCUT2D eigenvalue weighted by Crippen LogP contribution is 2.40. The number of aryl methyl sites for hydroxylation is 1. The quantitative estimate of drug-likeness (QED) is 0.835. The fourth-order valence-corrected chi connectivity index (χ4v) is 3.51. The van der Waals surface area contributed by atoms with Crippen LogP contribution in [0.1, 0.15) is 37.4 Å². The van der Waals surface area contributed by atoms with Crippen LogP contribution in [0.3, 0.4) is 0 Å². The molecule has 0 bridgehead atoms. The van der Waals surface area contributed by atoms with Crippen LogP contribution in [0.5, 0.6) is 0 Å². The van der Waals surface area contributed by atoms with Gasteiger partial charge in [-0.25, -0.2) is 0 Å². The van der Waals surface area contributed by atoms with Gasteiger partial charge in [0, 0.05) is 27.9 Å². The van der Waals surface area contributed by atoms with Crippen LogP contribution in [0.4, 0.5) is 11.4 Å². The molecule has 110 valence electrons. The largest absolute Gasteiger partial charge is 0.338 e. The van der Waals surface area contributed by atoms with Gasteiger partial charge in [0.1, 0.15) is 0 Å². The molecule has 2 N–H and O–H groups in total. The van der Waals surface area contributed by atoms with E-state index in [4.69, 9.17) is 5.73 Å². The van der Waals surface area contributed by atoms with Gasteiger partial charge in [-0.15, -0.1) is 0 Å². The number of hydrogen-bond donors (Lipinski definition) is 1. The van der Waals surface area contributed by atoms with Crippen molar-refractivity contribution in [3.63, 3.8) is 0 Å². The van der Waals surface area contributed by atoms with Crippen molar-refractivity contribution in [2.24, 2.45) is 5.73 Å². The lowest BCUT2D eigenvalue weighted by molar-refractivity contribution is 0.614. The van der Waals surface area contributed by atoms with Crippen LogP contribution < -0.4 is 10.6 Å². The first-order chi connectivity index (χ1) is 10.1. The van der Waals surface area contributed by atoms with Crippen LogP contribution in [-0.2, 0) is 6.42 Å². The molecule has 0 spiro atoms. The summed E-state index contributed by atoms with van der Waals surface area (Å²) in [6, 6.07) is 15.6. The molecule has 0 aliphatic carbocycles. The Morgan fingerprint density at radius 1 is 1.19 bits per heavy atom. The summed E-state index contributed by atoms with van der Waals surface area (Å²) in [4.78, 5) is 2.45. The Balaban J connectivity index is 2.18. The van der Waals surface area contributed by atoms with Crippen molar-refractivity contribution in [3.8, 4) is 0 Å². The third-order valence-electron chi connectivity index (χ3n) is 4.27. The average molecular weight is 345 g/mol. The van der Waals surface area contributed by atoms with Gasteiger partial charge in [0.05, 0.1) is 0 Å². The third-order valence-corrected chi connectivity index (χ3v) is 4.76. The van der Waals surface area contributed by atoms with E-state index in [1.165, 1.54) is 28.9 Å². The van der Waals surface area contributed by atoms with Crippen molar-refractivity contribution in [2.45, 2.75) is 38.8 Å². The number of nitrogens with zero attached hydrogens (tertiary/aromatic N) is 1. The van der Waals surface area contributed by atoms with Crippen molar-refractivity contribution in [1.82, 2.24) is 0 Å². The Morgan fingerprint density at radius 2 is 1.95 bits per heavy atom. The summed E-state index contributed by atoms with van der Waals surface area (Å²) in [6.07, 6.45) is 2.32. The summed E-state index contributed by atoms with van der Waals surface area (Å²) in [6.45, 7) is 4.34. The lowest BCUT2D eigenvalue weighted by Crippen LogP contribution is -2.34. The molecule has 0 aromatic heterocycles. The number of rotatable bonds is 2. The number of nitrogens with two attached hydrogens (primary N) is 1. The number of benzene rings is 2. The van der Waals surface area contributed by atoms with E-state index in [1.54, 1.807) is 0 Å². The molecule has 2 atom stereocenters. The Morgan fingerprint density at radius 3 is 2.71 bits per heavy atom. The number of anilines is 2. The highest BCUT2D eigenvalue weighted by atomic mass is 79.9. The first-order valence-electron chi connectivity index (χ1n) is 7.50. The van der Waals surface area contributed by atoms with Gasteiger partial charge < -0.3 is 10.6 Å². The zero-order valence-corrected chi connectivity index (χ0v) is 14.1. The van der Waals surface area contributed by atoms with E-state index in [0.29, 0.717) is 6.04 Å². The summed E-state index contributed by atoms with van der Waals surface area (Å²) >= 11 is 3.60. The van der Waals surface area contributed by atoms with Crippen LogP contribution in [0.15, 0.2) is 46.9 Å². The second-order valence-corrected chi connectivity index (χ2v) is 6.79. The average Bonchev–Trinajstić information content (AvgIpc) is 2.46. The molecular formula is C18H21BrN2. The van der Waals surface area contributed by atoms with Gasteiger partial charge in [-0.2, -0.15) is 0 Å². The molecule has 2 unspecified atom stereocenters. The van der Waals surface area contributed by atoms with E-state index in [2.05, 4.69) is 70.2 Å². The van der Waals surface area contributed by atoms with Crippen LogP contribution in [0.25, 0.3) is 0 Å². The van der Waals surface area contributed by atoms with E-state index in [-0.39, 0.29) is 6.04 Å². The van der Waals surface area contributed by atoms with Crippen molar-refractivity contribution in [3.05, 3.63) is 58.1 Å². The van der Waals surface area contributed by atoms with E-state index in [1.807, 2.05) is 6.92 Å². The molecule has 0 fully saturated rings. The first kappa shape index (κ1) is 14.6. The lowest BCUT2D eigenvalue weighted by atomic mass is 9.94. The molecule has 1 heterocycles. The fraction of sp³-hybridized carbons (Fsp3) is 0.333. The Kier molecular flexibility index (Phi) is 4.05. The van der Waals surface area contributed by atoms with Gasteiger partial charge in [-0.05, 0) is 56.0 Å². The maximum Gasteiger partial charge on any atom is 0.0472 e. The van der Waals surface area contributed by atoms with Gasteiger partial charge in [-0.3, -0.25) is 0 Å². The number of fused-ring (bicyclic) bond motifs is 1. The van der Waals surface area contributed by atoms with Crippen molar-refractivity contribution < 1.29 is 0 Å². The van der Waals surface area contributed by atoms with E-state index in [0.717, 1.165) is 10.9 Å². The molecule has 21 heavy (non-hydrogen) atoms. The predicted octanol–water partition coefficient (Wildman–Crippen LogP) is 4.94. The van der Waals surface area contributed by atoms with Crippen molar-refractivity contribution >= 4 is 27.3 Å². The molecule has 2 aromatic carbocycles. The second kappa shape index (κ2) is 5.82. The molecule has 2 nitrogen and oxygen atoms in total. The summed E-state index contributed by atoms with van der Waals surface area (Å²) in [5.41, 5.74) is 11.4. The highest BCUT2D eigenvalue weighted by Gasteiger charge is 2.26. The minimum Gasteiger partial charge on any atom is -0.338 e. The topological polar surface area (TPSA) is 29.3 Å². The van der Waals surface area contributed by atoms with E-state index < -0.39 is 0 Å². The maximum atomic E-state index is 6.19. The van der Waals surface area contributed by atoms with Gasteiger partial charge in [0.2, 0.25) is 0 Å². The zero-order valence-electron chi connectivity index (χ0n) is 12.5. The van der Waals surface area contributed by atoms with Crippen LogP contribution >= 0.6 is 15.9 Å². The summed E-state index contributed by atoms with van der Waals surface area (Å²) in [5, 5.41) is 0. The highest BCUT2D eigenvalue weighted by molar-refractivity contribution is 9.10. The second-order valence-electron chi connectivity index (χ2n) is 5.88. The van der Waals surface area contributed by atoms with Gasteiger partial charge in [0.15, 0.2) is 0 Å². The normalized spacial score (nSPS) is 19.2.